The summed E-state index contributed by atoms with van der Waals surface area (Å²) in [6.07, 6.45) is 1.72. The first-order valence-corrected chi connectivity index (χ1v) is 5.86. The highest BCUT2D eigenvalue weighted by molar-refractivity contribution is 5.99. The predicted octanol–water partition coefficient (Wildman–Crippen LogP) is 1.57. The van der Waals surface area contributed by atoms with E-state index in [1.807, 2.05) is 24.3 Å². The van der Waals surface area contributed by atoms with Crippen LogP contribution in [-0.2, 0) is 20.8 Å². The molecule has 98 valence electrons. The van der Waals surface area contributed by atoms with E-state index >= 15 is 0 Å². The molecule has 0 saturated carbocycles. The van der Waals surface area contributed by atoms with Crippen LogP contribution in [0.2, 0.25) is 0 Å². The van der Waals surface area contributed by atoms with Crippen molar-refractivity contribution in [3.05, 3.63) is 36.0 Å². The summed E-state index contributed by atoms with van der Waals surface area (Å²) in [6.45, 7) is 0. The lowest BCUT2D eigenvalue weighted by Gasteiger charge is -2.05. The largest absolute Gasteiger partial charge is 0.481 e. The maximum atomic E-state index is 11.9. The van der Waals surface area contributed by atoms with Gasteiger partial charge in [0.05, 0.1) is 12.3 Å². The quantitative estimate of drug-likeness (QED) is 0.609. The molecule has 1 aromatic heterocycles. The number of H-pyrrole nitrogens is 1. The van der Waals surface area contributed by atoms with Crippen molar-refractivity contribution in [1.82, 2.24) is 4.98 Å². The normalized spacial score (nSPS) is 12.2. The highest BCUT2D eigenvalue weighted by atomic mass is 16.4. The zero-order valence-corrected chi connectivity index (χ0v) is 10.1. The van der Waals surface area contributed by atoms with E-state index in [2.05, 4.69) is 4.98 Å². The van der Waals surface area contributed by atoms with Crippen molar-refractivity contribution in [3.63, 3.8) is 0 Å². The molecule has 1 heterocycles. The molecule has 0 amide bonds. The van der Waals surface area contributed by atoms with Crippen molar-refractivity contribution in [1.29, 1.82) is 0 Å². The number of carbonyl (C=O) groups excluding carboxylic acids is 2. The minimum absolute atomic E-state index is 0.0562. The smallest absolute Gasteiger partial charge is 0.304 e. The first-order valence-electron chi connectivity index (χ1n) is 5.86. The van der Waals surface area contributed by atoms with Crippen LogP contribution in [0.4, 0.5) is 0 Å². The van der Waals surface area contributed by atoms with E-state index in [4.69, 9.17) is 5.11 Å². The average molecular weight is 259 g/mol. The van der Waals surface area contributed by atoms with E-state index in [-0.39, 0.29) is 12.2 Å². The Balaban J connectivity index is 2.18. The van der Waals surface area contributed by atoms with E-state index in [1.165, 1.54) is 0 Å². The van der Waals surface area contributed by atoms with Gasteiger partial charge in [0.15, 0.2) is 0 Å². The zero-order valence-electron chi connectivity index (χ0n) is 10.1. The van der Waals surface area contributed by atoms with Gasteiger partial charge >= 0.3 is 5.97 Å². The molecule has 0 aliphatic carbocycles. The van der Waals surface area contributed by atoms with Gasteiger partial charge in [-0.25, -0.2) is 0 Å². The lowest BCUT2D eigenvalue weighted by molar-refractivity contribution is -0.142. The minimum Gasteiger partial charge on any atom is -0.481 e. The minimum atomic E-state index is -1.15. The number of rotatable bonds is 6. The van der Waals surface area contributed by atoms with Gasteiger partial charge in [-0.3, -0.25) is 9.59 Å². The van der Waals surface area contributed by atoms with Crippen molar-refractivity contribution in [2.24, 2.45) is 5.92 Å². The third-order valence-corrected chi connectivity index (χ3v) is 3.01. The van der Waals surface area contributed by atoms with E-state index < -0.39 is 18.3 Å². The van der Waals surface area contributed by atoms with Gasteiger partial charge in [0.2, 0.25) is 0 Å². The molecule has 1 atom stereocenters. The maximum absolute atomic E-state index is 11.9. The summed E-state index contributed by atoms with van der Waals surface area (Å²) < 4.78 is 0. The summed E-state index contributed by atoms with van der Waals surface area (Å²) in [5.41, 5.74) is 1.68. The van der Waals surface area contributed by atoms with Crippen LogP contribution in [0.1, 0.15) is 12.0 Å². The number of carboxylic acids is 1. The SMILES string of the molecule is O=CC(CC(=O)O)C(=O)Cc1c[nH]c2ccccc12. The molecule has 0 saturated heterocycles. The van der Waals surface area contributed by atoms with Crippen molar-refractivity contribution in [3.8, 4) is 0 Å². The van der Waals surface area contributed by atoms with Gasteiger partial charge < -0.3 is 14.9 Å². The molecule has 0 aliphatic heterocycles. The lowest BCUT2D eigenvalue weighted by atomic mass is 9.96. The van der Waals surface area contributed by atoms with Crippen LogP contribution in [0.3, 0.4) is 0 Å². The monoisotopic (exact) mass is 259 g/mol. The van der Waals surface area contributed by atoms with Crippen LogP contribution in [0.5, 0.6) is 0 Å². The van der Waals surface area contributed by atoms with Crippen molar-refractivity contribution < 1.29 is 19.5 Å². The van der Waals surface area contributed by atoms with Gasteiger partial charge in [0.1, 0.15) is 12.1 Å². The topological polar surface area (TPSA) is 87.2 Å². The number of aliphatic carboxylic acids is 1. The van der Waals surface area contributed by atoms with E-state index in [0.29, 0.717) is 6.29 Å². The maximum Gasteiger partial charge on any atom is 0.304 e. The van der Waals surface area contributed by atoms with Crippen LogP contribution >= 0.6 is 0 Å². The number of carbonyl (C=O) groups is 3. The number of fused-ring (bicyclic) bond motifs is 1. The number of nitrogens with one attached hydrogen (secondary N) is 1. The van der Waals surface area contributed by atoms with Crippen molar-refractivity contribution in [2.45, 2.75) is 12.8 Å². The van der Waals surface area contributed by atoms with Crippen LogP contribution in [-0.4, -0.2) is 28.1 Å². The Labute approximate surface area is 109 Å². The third-order valence-electron chi connectivity index (χ3n) is 3.01. The van der Waals surface area contributed by atoms with Gasteiger partial charge in [-0.1, -0.05) is 18.2 Å². The second-order valence-electron chi connectivity index (χ2n) is 4.34. The molecule has 5 nitrogen and oxygen atoms in total. The van der Waals surface area contributed by atoms with E-state index in [9.17, 15) is 14.4 Å². The molecule has 2 aromatic rings. The number of aromatic nitrogens is 1. The van der Waals surface area contributed by atoms with Gasteiger partial charge in [0, 0.05) is 23.5 Å². The summed E-state index contributed by atoms with van der Waals surface area (Å²) in [4.78, 5) is 36.3. The molecule has 2 rings (SSSR count). The summed E-state index contributed by atoms with van der Waals surface area (Å²) in [6, 6.07) is 7.50. The molecule has 5 heteroatoms. The first-order chi connectivity index (χ1) is 9.11. The lowest BCUT2D eigenvalue weighted by Crippen LogP contribution is -2.21. The number of Topliss-reactive ketones (excluding diaryl/α,β-unsaturated/α-hetero) is 1. The predicted molar refractivity (Wildman–Crippen MR) is 68.8 cm³/mol. The third kappa shape index (κ3) is 2.88. The fourth-order valence-electron chi connectivity index (χ4n) is 2.02. The number of aldehydes is 1. The Morgan fingerprint density at radius 2 is 2.05 bits per heavy atom. The molecule has 0 fully saturated rings. The van der Waals surface area contributed by atoms with Crippen LogP contribution in [0.15, 0.2) is 30.5 Å². The molecular formula is C14H13NO4. The Hall–Kier alpha value is -2.43. The summed E-state index contributed by atoms with van der Waals surface area (Å²) in [7, 11) is 0. The molecule has 0 radical (unpaired) electrons. The second-order valence-corrected chi connectivity index (χ2v) is 4.34. The summed E-state index contributed by atoms with van der Waals surface area (Å²) >= 11 is 0. The molecule has 1 aromatic carbocycles. The van der Waals surface area contributed by atoms with E-state index in [0.717, 1.165) is 16.5 Å². The number of ketones is 1. The number of carboxylic acid groups (broad SMARTS) is 1. The van der Waals surface area contributed by atoms with Gasteiger partial charge in [-0.15, -0.1) is 0 Å². The van der Waals surface area contributed by atoms with Gasteiger partial charge in [0.25, 0.3) is 0 Å². The number of hydrogen-bond acceptors (Lipinski definition) is 3. The molecular weight excluding hydrogens is 246 g/mol. The second kappa shape index (κ2) is 5.48. The van der Waals surface area contributed by atoms with Gasteiger partial charge in [-0.2, -0.15) is 0 Å². The van der Waals surface area contributed by atoms with Crippen molar-refractivity contribution >= 4 is 28.9 Å². The molecule has 19 heavy (non-hydrogen) atoms. The zero-order chi connectivity index (χ0) is 13.8. The number of para-hydroxylation sites is 1. The molecule has 0 aliphatic rings. The highest BCUT2D eigenvalue weighted by Crippen LogP contribution is 2.19. The standard InChI is InChI=1S/C14H13NO4/c16-8-10(6-14(18)19)13(17)5-9-7-15-12-4-2-1-3-11(9)12/h1-4,7-8,10,15H,5-6H2,(H,18,19). The number of benzene rings is 1. The molecule has 0 spiro atoms. The van der Waals surface area contributed by atoms with Gasteiger partial charge in [-0.05, 0) is 11.6 Å². The number of hydrogen-bond donors (Lipinski definition) is 2. The fourth-order valence-corrected chi connectivity index (χ4v) is 2.02. The Morgan fingerprint density at radius 1 is 1.32 bits per heavy atom. The van der Waals surface area contributed by atoms with Crippen LogP contribution < -0.4 is 0 Å². The van der Waals surface area contributed by atoms with Crippen LogP contribution in [0, 0.1) is 5.92 Å². The average Bonchev–Trinajstić information content (AvgIpc) is 2.79. The summed E-state index contributed by atoms with van der Waals surface area (Å²) in [5.74, 6) is -2.60. The first kappa shape index (κ1) is 13.0. The number of aromatic amines is 1. The summed E-state index contributed by atoms with van der Waals surface area (Å²) in [5, 5.41) is 9.56. The molecule has 2 N–H and O–H groups in total. The Morgan fingerprint density at radius 3 is 2.74 bits per heavy atom. The van der Waals surface area contributed by atoms with E-state index in [1.54, 1.807) is 6.20 Å². The molecule has 0 bridgehead atoms. The Bertz CT molecular complexity index is 629. The van der Waals surface area contributed by atoms with Crippen molar-refractivity contribution in [2.75, 3.05) is 0 Å². The molecule has 1 unspecified atom stereocenters. The fraction of sp³-hybridized carbons (Fsp3) is 0.214. The van der Waals surface area contributed by atoms with Crippen LogP contribution in [0.25, 0.3) is 10.9 Å². The highest BCUT2D eigenvalue weighted by Gasteiger charge is 2.21. The Kier molecular flexibility index (Phi) is 3.75.